The van der Waals surface area contributed by atoms with Gasteiger partial charge in [0.2, 0.25) is 0 Å². The Morgan fingerprint density at radius 1 is 0.677 bits per heavy atom. The van der Waals surface area contributed by atoms with Gasteiger partial charge < -0.3 is 4.42 Å². The summed E-state index contributed by atoms with van der Waals surface area (Å²) < 4.78 is 6.35. The van der Waals surface area contributed by atoms with E-state index in [2.05, 4.69) is 93.6 Å². The molecule has 2 aromatic heterocycles. The fraction of sp³-hybridized carbons (Fsp3) is 0.138. The van der Waals surface area contributed by atoms with E-state index in [-0.39, 0.29) is 5.41 Å². The molecule has 0 aliphatic carbocycles. The molecule has 0 radical (unpaired) electrons. The van der Waals surface area contributed by atoms with Gasteiger partial charge in [0.1, 0.15) is 11.2 Å². The first kappa shape index (κ1) is 18.1. The van der Waals surface area contributed by atoms with Crippen molar-refractivity contribution < 1.29 is 4.42 Å². The number of aromatic nitrogens is 1. The maximum absolute atomic E-state index is 6.35. The van der Waals surface area contributed by atoms with Gasteiger partial charge in [0, 0.05) is 21.7 Å². The lowest BCUT2D eigenvalue weighted by atomic mass is 9.84. The summed E-state index contributed by atoms with van der Waals surface area (Å²) in [4.78, 5) is 5.08. The minimum Gasteiger partial charge on any atom is -0.455 e. The predicted molar refractivity (Wildman–Crippen MR) is 131 cm³/mol. The molecule has 31 heavy (non-hydrogen) atoms. The standard InChI is InChI=1S/C29H23NO/c1-29(2,3)19-16-23-22-10-6-7-11-27(22)31-28(23)24(17-19)26-15-13-21-20-9-5-4-8-18(20)12-14-25(21)30-26/h4-17H,1-3H3. The van der Waals surface area contributed by atoms with Crippen LogP contribution in [0.15, 0.2) is 89.3 Å². The highest BCUT2D eigenvalue weighted by molar-refractivity contribution is 6.11. The molecule has 0 saturated carbocycles. The SMILES string of the molecule is CC(C)(C)c1cc(-c2ccc3c(ccc4ccccc43)n2)c2oc3ccccc3c2c1. The number of hydrogen-bond donors (Lipinski definition) is 0. The number of fused-ring (bicyclic) bond motifs is 6. The molecular weight excluding hydrogens is 378 g/mol. The summed E-state index contributed by atoms with van der Waals surface area (Å²) in [5.74, 6) is 0. The summed E-state index contributed by atoms with van der Waals surface area (Å²) in [7, 11) is 0. The third kappa shape index (κ3) is 2.83. The van der Waals surface area contributed by atoms with Crippen molar-refractivity contribution in [2.45, 2.75) is 26.2 Å². The van der Waals surface area contributed by atoms with Crippen LogP contribution in [-0.4, -0.2) is 4.98 Å². The molecule has 2 heteroatoms. The van der Waals surface area contributed by atoms with Gasteiger partial charge in [-0.3, -0.25) is 0 Å². The van der Waals surface area contributed by atoms with Gasteiger partial charge in [0.15, 0.2) is 0 Å². The van der Waals surface area contributed by atoms with Crippen molar-refractivity contribution in [1.82, 2.24) is 4.98 Å². The molecule has 6 rings (SSSR count). The molecule has 6 aromatic rings. The van der Waals surface area contributed by atoms with Gasteiger partial charge in [-0.2, -0.15) is 0 Å². The minimum atomic E-state index is 0.0222. The average molecular weight is 402 g/mol. The highest BCUT2D eigenvalue weighted by Gasteiger charge is 2.21. The fourth-order valence-corrected chi connectivity index (χ4v) is 4.49. The molecule has 0 aliphatic rings. The van der Waals surface area contributed by atoms with Crippen LogP contribution in [0.3, 0.4) is 0 Å². The summed E-state index contributed by atoms with van der Waals surface area (Å²) in [5.41, 5.74) is 6.11. The van der Waals surface area contributed by atoms with Crippen molar-refractivity contribution in [2.75, 3.05) is 0 Å². The van der Waals surface area contributed by atoms with E-state index in [4.69, 9.17) is 9.40 Å². The number of hydrogen-bond acceptors (Lipinski definition) is 2. The van der Waals surface area contributed by atoms with Gasteiger partial charge >= 0.3 is 0 Å². The molecule has 0 fully saturated rings. The van der Waals surface area contributed by atoms with Crippen molar-refractivity contribution in [3.05, 3.63) is 90.5 Å². The van der Waals surface area contributed by atoms with Crippen LogP contribution in [0, 0.1) is 0 Å². The van der Waals surface area contributed by atoms with E-state index in [0.717, 1.165) is 38.7 Å². The van der Waals surface area contributed by atoms with Crippen molar-refractivity contribution in [2.24, 2.45) is 0 Å². The number of pyridine rings is 1. The molecule has 2 nitrogen and oxygen atoms in total. The monoisotopic (exact) mass is 401 g/mol. The first-order chi connectivity index (χ1) is 15.0. The summed E-state index contributed by atoms with van der Waals surface area (Å²) in [6, 6.07) is 29.8. The largest absolute Gasteiger partial charge is 0.455 e. The van der Waals surface area contributed by atoms with Gasteiger partial charge in [-0.05, 0) is 52.1 Å². The number of para-hydroxylation sites is 1. The Kier molecular flexibility index (Phi) is 3.76. The van der Waals surface area contributed by atoms with Gasteiger partial charge in [0.05, 0.1) is 11.2 Å². The molecule has 0 bridgehead atoms. The van der Waals surface area contributed by atoms with Crippen LogP contribution >= 0.6 is 0 Å². The van der Waals surface area contributed by atoms with E-state index in [1.54, 1.807) is 0 Å². The Bertz CT molecular complexity index is 1620. The van der Waals surface area contributed by atoms with E-state index in [0.29, 0.717) is 0 Å². The van der Waals surface area contributed by atoms with Crippen molar-refractivity contribution in [3.8, 4) is 11.3 Å². The number of furan rings is 1. The molecule has 150 valence electrons. The maximum atomic E-state index is 6.35. The zero-order chi connectivity index (χ0) is 21.2. The second kappa shape index (κ2) is 6.42. The number of rotatable bonds is 1. The molecule has 0 spiro atoms. The minimum absolute atomic E-state index is 0.0222. The van der Waals surface area contributed by atoms with Crippen LogP contribution in [0.1, 0.15) is 26.3 Å². The van der Waals surface area contributed by atoms with Crippen molar-refractivity contribution in [3.63, 3.8) is 0 Å². The second-order valence-corrected chi connectivity index (χ2v) is 9.30. The summed E-state index contributed by atoms with van der Waals surface area (Å²) in [5, 5.41) is 5.94. The molecule has 0 unspecified atom stereocenters. The molecule has 0 atom stereocenters. The van der Waals surface area contributed by atoms with Crippen LogP contribution in [0.4, 0.5) is 0 Å². The topological polar surface area (TPSA) is 26.0 Å². The van der Waals surface area contributed by atoms with Gasteiger partial charge in [-0.25, -0.2) is 4.98 Å². The Morgan fingerprint density at radius 3 is 2.29 bits per heavy atom. The maximum Gasteiger partial charge on any atom is 0.144 e. The molecule has 0 saturated heterocycles. The molecule has 0 amide bonds. The molecular formula is C29H23NO. The number of nitrogens with zero attached hydrogens (tertiary/aromatic N) is 1. The average Bonchev–Trinajstić information content (AvgIpc) is 3.16. The highest BCUT2D eigenvalue weighted by Crippen LogP contribution is 2.39. The lowest BCUT2D eigenvalue weighted by Gasteiger charge is -2.20. The summed E-state index contributed by atoms with van der Waals surface area (Å²) >= 11 is 0. The Morgan fingerprint density at radius 2 is 1.45 bits per heavy atom. The third-order valence-electron chi connectivity index (χ3n) is 6.22. The lowest BCUT2D eigenvalue weighted by molar-refractivity contribution is 0.590. The van der Waals surface area contributed by atoms with Crippen LogP contribution in [-0.2, 0) is 5.41 Å². The van der Waals surface area contributed by atoms with Gasteiger partial charge in [-0.1, -0.05) is 75.4 Å². The second-order valence-electron chi connectivity index (χ2n) is 9.30. The van der Waals surface area contributed by atoms with Crippen molar-refractivity contribution in [1.29, 1.82) is 0 Å². The molecule has 4 aromatic carbocycles. The van der Waals surface area contributed by atoms with Crippen molar-refractivity contribution >= 4 is 43.6 Å². The van der Waals surface area contributed by atoms with Crippen LogP contribution < -0.4 is 0 Å². The normalized spacial score (nSPS) is 12.4. The Labute approximate surface area is 181 Å². The van der Waals surface area contributed by atoms with Crippen LogP contribution in [0.5, 0.6) is 0 Å². The molecule has 0 aliphatic heterocycles. The first-order valence-electron chi connectivity index (χ1n) is 10.7. The Hall–Kier alpha value is -3.65. The van der Waals surface area contributed by atoms with E-state index >= 15 is 0 Å². The number of benzene rings is 4. The zero-order valence-electron chi connectivity index (χ0n) is 17.9. The molecule has 0 N–H and O–H groups in total. The predicted octanol–water partition coefficient (Wildman–Crippen LogP) is 8.25. The van der Waals surface area contributed by atoms with E-state index in [9.17, 15) is 0 Å². The van der Waals surface area contributed by atoms with E-state index < -0.39 is 0 Å². The molecule has 2 heterocycles. The third-order valence-corrected chi connectivity index (χ3v) is 6.22. The summed E-state index contributed by atoms with van der Waals surface area (Å²) in [6.45, 7) is 6.75. The summed E-state index contributed by atoms with van der Waals surface area (Å²) in [6.07, 6.45) is 0. The zero-order valence-corrected chi connectivity index (χ0v) is 17.9. The van der Waals surface area contributed by atoms with Gasteiger partial charge in [-0.15, -0.1) is 0 Å². The first-order valence-corrected chi connectivity index (χ1v) is 10.7. The lowest BCUT2D eigenvalue weighted by Crippen LogP contribution is -2.11. The van der Waals surface area contributed by atoms with E-state index in [1.165, 1.54) is 21.7 Å². The van der Waals surface area contributed by atoms with Crippen LogP contribution in [0.25, 0.3) is 54.9 Å². The van der Waals surface area contributed by atoms with E-state index in [1.807, 2.05) is 12.1 Å². The smallest absolute Gasteiger partial charge is 0.144 e. The fourth-order valence-electron chi connectivity index (χ4n) is 4.49. The Balaban J connectivity index is 1.68. The quantitative estimate of drug-likeness (QED) is 0.259. The van der Waals surface area contributed by atoms with Gasteiger partial charge in [0.25, 0.3) is 0 Å². The highest BCUT2D eigenvalue weighted by atomic mass is 16.3. The van der Waals surface area contributed by atoms with Crippen LogP contribution in [0.2, 0.25) is 0 Å².